The summed E-state index contributed by atoms with van der Waals surface area (Å²) in [5.41, 5.74) is 29.1. The van der Waals surface area contributed by atoms with Gasteiger partial charge in [-0.2, -0.15) is 0 Å². The minimum atomic E-state index is 0.997. The van der Waals surface area contributed by atoms with Crippen molar-refractivity contribution in [2.24, 2.45) is 0 Å². The molecule has 0 saturated carbocycles. The van der Waals surface area contributed by atoms with Gasteiger partial charge in [0, 0.05) is 116 Å². The maximum atomic E-state index is 2.44. The van der Waals surface area contributed by atoms with Crippen LogP contribution in [0.3, 0.4) is 0 Å². The molecule has 0 aliphatic heterocycles. The SMILES string of the molecule is CCn1c2ccc(C)cc2c2ccc3ccccc3c21.Cc1ccc2c(c1)c1ccc3ccccc3c1n2-c1ccc(-c2ccccc2)cc1.Cc1ccc2c(c1)c1ccc3ccccc3c1n2-c1ccccc1.Cc1ccc2c3ccc4ccccc4c3n(-c3ccc(-c4ccccc4)cc3)c2c1.Cc1ccc2c3ccc4ccccc4c3n(-c3ccccc3)c2c1. The van der Waals surface area contributed by atoms with E-state index in [1.54, 1.807) is 0 Å². The Hall–Kier alpha value is -16.1. The maximum Gasteiger partial charge on any atom is 0.0619 e. The minimum absolute atomic E-state index is 0.997. The van der Waals surface area contributed by atoms with E-state index in [9.17, 15) is 0 Å². The fourth-order valence-corrected chi connectivity index (χ4v) is 20.0. The molecule has 0 radical (unpaired) electrons. The smallest absolute Gasteiger partial charge is 0.0619 e. The van der Waals surface area contributed by atoms with Crippen LogP contribution in [0.1, 0.15) is 34.7 Å². The minimum Gasteiger partial charge on any atom is -0.340 e. The van der Waals surface area contributed by atoms with Crippen LogP contribution in [0.15, 0.2) is 443 Å². The summed E-state index contributed by atoms with van der Waals surface area (Å²) in [5, 5.41) is 26.1. The number of para-hydroxylation sites is 2. The second-order valence-corrected chi connectivity index (χ2v) is 34.1. The first-order valence-electron chi connectivity index (χ1n) is 44.6. The predicted molar refractivity (Wildman–Crippen MR) is 550 cm³/mol. The molecular formula is C123H93N5. The maximum absolute atomic E-state index is 2.44. The van der Waals surface area contributed by atoms with E-state index in [0.29, 0.717) is 0 Å². The molecule has 0 aliphatic carbocycles. The van der Waals surface area contributed by atoms with Crippen molar-refractivity contribution < 1.29 is 0 Å². The van der Waals surface area contributed by atoms with Crippen molar-refractivity contribution in [3.8, 4) is 45.0 Å². The van der Waals surface area contributed by atoms with E-state index in [1.165, 1.54) is 236 Å². The molecule has 0 amide bonds. The topological polar surface area (TPSA) is 24.6 Å². The summed E-state index contributed by atoms with van der Waals surface area (Å²) in [6, 6.07) is 160. The number of hydrogen-bond acceptors (Lipinski definition) is 0. The second kappa shape index (κ2) is 32.9. The van der Waals surface area contributed by atoms with Crippen molar-refractivity contribution in [2.75, 3.05) is 0 Å². The van der Waals surface area contributed by atoms with Crippen LogP contribution in [-0.4, -0.2) is 22.8 Å². The van der Waals surface area contributed by atoms with Gasteiger partial charge in [-0.3, -0.25) is 0 Å². The molecule has 0 N–H and O–H groups in total. The summed E-state index contributed by atoms with van der Waals surface area (Å²) in [4.78, 5) is 0. The van der Waals surface area contributed by atoms with Crippen molar-refractivity contribution in [3.63, 3.8) is 0 Å². The molecule has 5 heteroatoms. The zero-order valence-electron chi connectivity index (χ0n) is 72.6. The van der Waals surface area contributed by atoms with Crippen LogP contribution in [0.5, 0.6) is 0 Å². The second-order valence-electron chi connectivity index (χ2n) is 34.1. The van der Waals surface area contributed by atoms with E-state index in [2.05, 4.69) is 507 Å². The normalized spacial score (nSPS) is 11.5. The standard InChI is InChI=1S/2C29H21N.2C23H17N.C19H17N/c1-20-11-18-28-27(19-20)26-17-14-23-9-5-6-10-25(23)29(26)30(28)24-15-12-22(13-16-24)21-7-3-2-4-8-21;1-20-11-17-26-27-18-14-23-9-5-6-10-25(23)29(27)30(28(26)19-20)24-15-12-22(13-16-24)21-7-3-2-4-8-21;1-16-11-14-22-21(15-16)20-13-12-17-7-5-6-10-19(17)23(20)24(22)18-8-3-2-4-9-18;1-16-11-13-20-21-14-12-17-7-5-6-10-19(17)23(21)24(22(20)15-16)18-8-3-2-4-9-18;1-3-20-18-11-8-13(2)12-17(18)16-10-9-14-6-4-5-7-15(14)19(16)20/h2*2-19H,1H3;2*2-15H,1H3;4-12H,3H2,1-2H3. The lowest BCUT2D eigenvalue weighted by Gasteiger charge is -2.11. The van der Waals surface area contributed by atoms with Gasteiger partial charge in [-0.15, -0.1) is 0 Å². The van der Waals surface area contributed by atoms with Gasteiger partial charge in [0.25, 0.3) is 0 Å². The first kappa shape index (κ1) is 77.9. The highest BCUT2D eigenvalue weighted by atomic mass is 15.0. The van der Waals surface area contributed by atoms with Gasteiger partial charge in [-0.05, 0) is 199 Å². The fraction of sp³-hybridized carbons (Fsp3) is 0.0569. The van der Waals surface area contributed by atoms with Gasteiger partial charge < -0.3 is 22.8 Å². The summed E-state index contributed by atoms with van der Waals surface area (Å²) in [5.74, 6) is 0. The van der Waals surface area contributed by atoms with E-state index in [4.69, 9.17) is 0 Å². The highest BCUT2D eigenvalue weighted by molar-refractivity contribution is 6.23. The molecule has 0 unspecified atom stereocenters. The Balaban J connectivity index is 0.0000000950. The average Bonchev–Trinajstić information content (AvgIpc) is 1.60. The molecule has 5 heterocycles. The Morgan fingerprint density at radius 1 is 0.156 bits per heavy atom. The van der Waals surface area contributed by atoms with E-state index < -0.39 is 0 Å². The molecule has 0 spiro atoms. The summed E-state index contributed by atoms with van der Waals surface area (Å²) in [6.45, 7) is 14.0. The van der Waals surface area contributed by atoms with E-state index >= 15 is 0 Å². The summed E-state index contributed by atoms with van der Waals surface area (Å²) >= 11 is 0. The van der Waals surface area contributed by atoms with E-state index in [-0.39, 0.29) is 0 Å². The number of nitrogens with zero attached hydrogens (tertiary/aromatic N) is 5. The third kappa shape index (κ3) is 13.8. The molecule has 0 bridgehead atoms. The largest absolute Gasteiger partial charge is 0.340 e. The monoisotopic (exact) mass is 1640 g/mol. The van der Waals surface area contributed by atoms with Crippen LogP contribution in [0, 0.1) is 34.6 Å². The third-order valence-corrected chi connectivity index (χ3v) is 25.9. The van der Waals surface area contributed by atoms with Gasteiger partial charge in [0.2, 0.25) is 0 Å². The number of benzene rings is 21. The number of aryl methyl sites for hydroxylation is 6. The molecular weight excluding hydrogens is 1550 g/mol. The molecule has 610 valence electrons. The predicted octanol–water partition coefficient (Wildman–Crippen LogP) is 33.6. The first-order valence-corrected chi connectivity index (χ1v) is 44.6. The highest BCUT2D eigenvalue weighted by Gasteiger charge is 2.22. The van der Waals surface area contributed by atoms with Crippen molar-refractivity contribution in [3.05, 3.63) is 471 Å². The van der Waals surface area contributed by atoms with Crippen molar-refractivity contribution in [1.82, 2.24) is 22.8 Å². The van der Waals surface area contributed by atoms with Crippen molar-refractivity contribution in [1.29, 1.82) is 0 Å². The Kier molecular flexibility index (Phi) is 20.0. The van der Waals surface area contributed by atoms with Crippen LogP contribution >= 0.6 is 0 Å². The lowest BCUT2D eigenvalue weighted by Crippen LogP contribution is -1.94. The highest BCUT2D eigenvalue weighted by Crippen LogP contribution is 2.44. The lowest BCUT2D eigenvalue weighted by molar-refractivity contribution is 0.829. The summed E-state index contributed by atoms with van der Waals surface area (Å²) in [6.07, 6.45) is 0. The zero-order valence-corrected chi connectivity index (χ0v) is 72.6. The Morgan fingerprint density at radius 2 is 0.391 bits per heavy atom. The van der Waals surface area contributed by atoms with E-state index in [0.717, 1.165) is 6.54 Å². The Morgan fingerprint density at radius 3 is 0.727 bits per heavy atom. The molecule has 128 heavy (non-hydrogen) atoms. The lowest BCUT2D eigenvalue weighted by atomic mass is 10.0. The molecule has 0 aliphatic rings. The molecule has 0 atom stereocenters. The zero-order chi connectivity index (χ0) is 86.0. The van der Waals surface area contributed by atoms with Crippen LogP contribution in [0.4, 0.5) is 0 Å². The molecule has 26 rings (SSSR count). The van der Waals surface area contributed by atoms with Gasteiger partial charge >= 0.3 is 0 Å². The molecule has 21 aromatic carbocycles. The molecule has 0 saturated heterocycles. The van der Waals surface area contributed by atoms with E-state index in [1.807, 2.05) is 0 Å². The van der Waals surface area contributed by atoms with Crippen LogP contribution in [-0.2, 0) is 6.54 Å². The summed E-state index contributed by atoms with van der Waals surface area (Å²) in [7, 11) is 0. The van der Waals surface area contributed by atoms with Gasteiger partial charge in [0.05, 0.1) is 49.7 Å². The van der Waals surface area contributed by atoms with Crippen molar-refractivity contribution in [2.45, 2.75) is 48.1 Å². The van der Waals surface area contributed by atoms with Gasteiger partial charge in [-0.1, -0.05) is 362 Å². The van der Waals surface area contributed by atoms with Gasteiger partial charge in [-0.25, -0.2) is 0 Å². The molecule has 26 aromatic rings. The number of aromatic nitrogens is 5. The van der Waals surface area contributed by atoms with Gasteiger partial charge in [0.15, 0.2) is 0 Å². The molecule has 0 fully saturated rings. The first-order chi connectivity index (χ1) is 63.0. The van der Waals surface area contributed by atoms with Crippen molar-refractivity contribution >= 4 is 163 Å². The quantitative estimate of drug-likeness (QED) is 0.152. The average molecular weight is 1640 g/mol. The van der Waals surface area contributed by atoms with Crippen LogP contribution < -0.4 is 0 Å². The number of fused-ring (bicyclic) bond motifs is 25. The number of rotatable bonds is 7. The summed E-state index contributed by atoms with van der Waals surface area (Å²) < 4.78 is 12.1. The Labute approximate surface area is 744 Å². The van der Waals surface area contributed by atoms with Gasteiger partial charge in [0.1, 0.15) is 0 Å². The third-order valence-electron chi connectivity index (χ3n) is 25.9. The van der Waals surface area contributed by atoms with Crippen LogP contribution in [0.25, 0.3) is 208 Å². The fourth-order valence-electron chi connectivity index (χ4n) is 20.0. The molecule has 5 aromatic heterocycles. The van der Waals surface area contributed by atoms with Crippen LogP contribution in [0.2, 0.25) is 0 Å². The molecule has 5 nitrogen and oxygen atoms in total. The number of hydrogen-bond donors (Lipinski definition) is 0. The Bertz CT molecular complexity index is 8660.